The lowest BCUT2D eigenvalue weighted by Crippen LogP contribution is -2.54. The molecule has 2 saturated heterocycles. The maximum atomic E-state index is 13.2. The molecule has 2 heterocycles. The molecule has 0 N–H and O–H groups in total. The number of carbonyl (C=O) groups is 1. The van der Waals surface area contributed by atoms with Crippen LogP contribution in [0, 0.1) is 6.92 Å². The highest BCUT2D eigenvalue weighted by Crippen LogP contribution is 2.25. The molecule has 1 atom stereocenters. The van der Waals surface area contributed by atoms with Crippen molar-refractivity contribution in [3.05, 3.63) is 59.7 Å². The minimum Gasteiger partial charge on any atom is -0.378 e. The topological polar surface area (TPSA) is 36.0 Å². The zero-order valence-corrected chi connectivity index (χ0v) is 16.8. The smallest absolute Gasteiger partial charge is 0.254 e. The molecule has 0 spiro atoms. The van der Waals surface area contributed by atoms with Crippen LogP contribution in [0.25, 0.3) is 0 Å². The highest BCUT2D eigenvalue weighted by Gasteiger charge is 2.29. The van der Waals surface area contributed by atoms with Gasteiger partial charge in [-0.15, -0.1) is 0 Å². The van der Waals surface area contributed by atoms with Crippen molar-refractivity contribution in [1.29, 1.82) is 0 Å². The van der Waals surface area contributed by atoms with E-state index in [0.717, 1.165) is 57.2 Å². The predicted octanol–water partition coefficient (Wildman–Crippen LogP) is 3.18. The van der Waals surface area contributed by atoms with Gasteiger partial charge in [0.1, 0.15) is 0 Å². The van der Waals surface area contributed by atoms with Crippen LogP contribution in [0.5, 0.6) is 0 Å². The number of benzene rings is 2. The lowest BCUT2D eigenvalue weighted by Gasteiger charge is -2.41. The van der Waals surface area contributed by atoms with Gasteiger partial charge in [0.2, 0.25) is 0 Å². The Balaban J connectivity index is 1.46. The van der Waals surface area contributed by atoms with Gasteiger partial charge < -0.3 is 19.4 Å². The molecule has 1 amide bonds. The zero-order valence-electron chi connectivity index (χ0n) is 16.8. The average Bonchev–Trinajstić information content (AvgIpc) is 2.74. The third kappa shape index (κ3) is 3.85. The van der Waals surface area contributed by atoms with E-state index in [1.807, 2.05) is 23.1 Å². The number of piperazine rings is 1. The summed E-state index contributed by atoms with van der Waals surface area (Å²) in [6, 6.07) is 16.7. The number of anilines is 2. The van der Waals surface area contributed by atoms with E-state index < -0.39 is 0 Å². The van der Waals surface area contributed by atoms with E-state index in [4.69, 9.17) is 4.74 Å². The van der Waals surface area contributed by atoms with E-state index in [2.05, 4.69) is 54.0 Å². The lowest BCUT2D eigenvalue weighted by molar-refractivity contribution is 0.0674. The van der Waals surface area contributed by atoms with Crippen LogP contribution in [0.15, 0.2) is 48.5 Å². The molecule has 0 saturated carbocycles. The molecule has 2 aromatic rings. The number of hydrogen-bond donors (Lipinski definition) is 0. The minimum atomic E-state index is 0.132. The maximum Gasteiger partial charge on any atom is 0.254 e. The van der Waals surface area contributed by atoms with Crippen molar-refractivity contribution in [1.82, 2.24) is 4.90 Å². The standard InChI is InChI=1S/C23H29N3O2/c1-18-6-3-4-9-22(18)25-10-11-26(19(2)17-25)23(27)20-7-5-8-21(16-20)24-12-14-28-15-13-24/h3-9,16,19H,10-15,17H2,1-2H3/t19-/m1/s1. The number of ether oxygens (including phenoxy) is 1. The summed E-state index contributed by atoms with van der Waals surface area (Å²) in [5.41, 5.74) is 4.45. The molecule has 5 nitrogen and oxygen atoms in total. The van der Waals surface area contributed by atoms with Gasteiger partial charge in [0.15, 0.2) is 0 Å². The predicted molar refractivity (Wildman–Crippen MR) is 113 cm³/mol. The van der Waals surface area contributed by atoms with Crippen molar-refractivity contribution in [3.8, 4) is 0 Å². The van der Waals surface area contributed by atoms with Gasteiger partial charge in [0.05, 0.1) is 13.2 Å². The Labute approximate surface area is 167 Å². The fraction of sp³-hybridized carbons (Fsp3) is 0.435. The Morgan fingerprint density at radius 2 is 1.75 bits per heavy atom. The van der Waals surface area contributed by atoms with Crippen LogP contribution in [0.2, 0.25) is 0 Å². The third-order valence-electron chi connectivity index (χ3n) is 5.81. The van der Waals surface area contributed by atoms with Crippen LogP contribution in [0.3, 0.4) is 0 Å². The Bertz CT molecular complexity index is 832. The number of morpholine rings is 1. The number of amides is 1. The largest absolute Gasteiger partial charge is 0.378 e. The van der Waals surface area contributed by atoms with Crippen LogP contribution in [0.4, 0.5) is 11.4 Å². The fourth-order valence-electron chi connectivity index (χ4n) is 4.22. The number of hydrogen-bond acceptors (Lipinski definition) is 4. The van der Waals surface area contributed by atoms with Gasteiger partial charge in [-0.1, -0.05) is 24.3 Å². The molecule has 28 heavy (non-hydrogen) atoms. The summed E-state index contributed by atoms with van der Waals surface area (Å²) in [4.78, 5) is 19.9. The highest BCUT2D eigenvalue weighted by atomic mass is 16.5. The van der Waals surface area contributed by atoms with Crippen LogP contribution in [-0.4, -0.2) is 62.8 Å². The summed E-state index contributed by atoms with van der Waals surface area (Å²) in [6.07, 6.45) is 0. The van der Waals surface area contributed by atoms with Crippen LogP contribution < -0.4 is 9.80 Å². The van der Waals surface area contributed by atoms with E-state index in [9.17, 15) is 4.79 Å². The van der Waals surface area contributed by atoms with Gasteiger partial charge in [-0.3, -0.25) is 4.79 Å². The summed E-state index contributed by atoms with van der Waals surface area (Å²) in [5, 5.41) is 0. The quantitative estimate of drug-likeness (QED) is 0.821. The molecule has 0 radical (unpaired) electrons. The second-order valence-electron chi connectivity index (χ2n) is 7.73. The molecule has 2 aliphatic heterocycles. The van der Waals surface area contributed by atoms with E-state index in [1.54, 1.807) is 0 Å². The summed E-state index contributed by atoms with van der Waals surface area (Å²) >= 11 is 0. The average molecular weight is 380 g/mol. The molecule has 0 bridgehead atoms. The monoisotopic (exact) mass is 379 g/mol. The van der Waals surface area contributed by atoms with Crippen molar-refractivity contribution in [2.24, 2.45) is 0 Å². The molecule has 4 rings (SSSR count). The highest BCUT2D eigenvalue weighted by molar-refractivity contribution is 5.95. The minimum absolute atomic E-state index is 0.132. The Hall–Kier alpha value is -2.53. The Kier molecular flexibility index (Phi) is 5.53. The fourth-order valence-corrected chi connectivity index (χ4v) is 4.22. The Morgan fingerprint density at radius 1 is 0.964 bits per heavy atom. The number of carbonyl (C=O) groups excluding carboxylic acids is 1. The molecule has 148 valence electrons. The second-order valence-corrected chi connectivity index (χ2v) is 7.73. The summed E-state index contributed by atoms with van der Waals surface area (Å²) in [5.74, 6) is 0.132. The third-order valence-corrected chi connectivity index (χ3v) is 5.81. The van der Waals surface area contributed by atoms with Gasteiger partial charge in [-0.05, 0) is 43.7 Å². The lowest BCUT2D eigenvalue weighted by atomic mass is 10.1. The number of para-hydroxylation sites is 1. The molecular weight excluding hydrogens is 350 g/mol. The van der Waals surface area contributed by atoms with Crippen molar-refractivity contribution in [3.63, 3.8) is 0 Å². The van der Waals surface area contributed by atoms with E-state index in [-0.39, 0.29) is 11.9 Å². The molecule has 0 aromatic heterocycles. The molecular formula is C23H29N3O2. The number of rotatable bonds is 3. The molecule has 0 unspecified atom stereocenters. The van der Waals surface area contributed by atoms with Gasteiger partial charge in [0.25, 0.3) is 5.91 Å². The van der Waals surface area contributed by atoms with Crippen molar-refractivity contribution in [2.45, 2.75) is 19.9 Å². The molecule has 2 fully saturated rings. The molecule has 5 heteroatoms. The Morgan fingerprint density at radius 3 is 2.50 bits per heavy atom. The normalized spacial score (nSPS) is 20.4. The maximum absolute atomic E-state index is 13.2. The van der Waals surface area contributed by atoms with Crippen molar-refractivity contribution in [2.75, 3.05) is 55.7 Å². The van der Waals surface area contributed by atoms with Crippen LogP contribution in [0.1, 0.15) is 22.8 Å². The SMILES string of the molecule is Cc1ccccc1N1CCN(C(=O)c2cccc(N3CCOCC3)c2)[C@H](C)C1. The van der Waals surface area contributed by atoms with Crippen LogP contribution >= 0.6 is 0 Å². The van der Waals surface area contributed by atoms with E-state index >= 15 is 0 Å². The first-order valence-electron chi connectivity index (χ1n) is 10.2. The van der Waals surface area contributed by atoms with Gasteiger partial charge in [-0.2, -0.15) is 0 Å². The zero-order chi connectivity index (χ0) is 19.5. The van der Waals surface area contributed by atoms with Crippen molar-refractivity contribution >= 4 is 17.3 Å². The summed E-state index contributed by atoms with van der Waals surface area (Å²) in [7, 11) is 0. The van der Waals surface area contributed by atoms with Crippen LogP contribution in [-0.2, 0) is 4.74 Å². The summed E-state index contributed by atoms with van der Waals surface area (Å²) < 4.78 is 5.44. The van der Waals surface area contributed by atoms with Gasteiger partial charge >= 0.3 is 0 Å². The van der Waals surface area contributed by atoms with E-state index in [0.29, 0.717) is 0 Å². The number of nitrogens with zero attached hydrogens (tertiary/aromatic N) is 3. The molecule has 0 aliphatic carbocycles. The van der Waals surface area contributed by atoms with Gasteiger partial charge in [-0.25, -0.2) is 0 Å². The molecule has 2 aromatic carbocycles. The van der Waals surface area contributed by atoms with E-state index in [1.165, 1.54) is 11.3 Å². The first-order valence-corrected chi connectivity index (χ1v) is 10.2. The first kappa shape index (κ1) is 18.8. The first-order chi connectivity index (χ1) is 13.6. The summed E-state index contributed by atoms with van der Waals surface area (Å²) in [6.45, 7) is 10.0. The second kappa shape index (κ2) is 8.23. The molecule has 2 aliphatic rings. The van der Waals surface area contributed by atoms with Gasteiger partial charge in [0, 0.05) is 55.7 Å². The number of aryl methyl sites for hydroxylation is 1. The van der Waals surface area contributed by atoms with Crippen molar-refractivity contribution < 1.29 is 9.53 Å².